The van der Waals surface area contributed by atoms with Crippen LogP contribution in [0.5, 0.6) is 11.5 Å². The van der Waals surface area contributed by atoms with Gasteiger partial charge in [-0.2, -0.15) is 0 Å². The number of carbonyl (C=O) groups excluding carboxylic acids is 1. The number of benzene rings is 2. The zero-order valence-corrected chi connectivity index (χ0v) is 20.7. The summed E-state index contributed by atoms with van der Waals surface area (Å²) in [5.41, 5.74) is 3.50. The van der Waals surface area contributed by atoms with Gasteiger partial charge in [0.05, 0.1) is 29.0 Å². The third-order valence-corrected chi connectivity index (χ3v) is 7.73. The van der Waals surface area contributed by atoms with Gasteiger partial charge in [0.1, 0.15) is 6.61 Å². The molecule has 5 heterocycles. The number of cyclic esters (lactones) is 1. The summed E-state index contributed by atoms with van der Waals surface area (Å²) in [6, 6.07) is 15.6. The highest BCUT2D eigenvalue weighted by Gasteiger charge is 2.45. The number of hydrogen-bond acceptors (Lipinski definition) is 7. The number of pyridine rings is 2. The Kier molecular flexibility index (Phi) is 4.96. The van der Waals surface area contributed by atoms with E-state index in [0.29, 0.717) is 47.0 Å². The Hall–Kier alpha value is -4.43. The van der Waals surface area contributed by atoms with Gasteiger partial charge in [0.15, 0.2) is 17.1 Å². The summed E-state index contributed by atoms with van der Waals surface area (Å²) in [7, 11) is 0. The minimum absolute atomic E-state index is 0.0960. The minimum atomic E-state index is -1.87. The molecular weight excluding hydrogens is 484 g/mol. The van der Waals surface area contributed by atoms with Crippen molar-refractivity contribution in [3.63, 3.8) is 0 Å². The fourth-order valence-corrected chi connectivity index (χ4v) is 5.66. The number of nitrogens with zero attached hydrogens (tertiary/aromatic N) is 2. The smallest absolute Gasteiger partial charge is 0.343 e. The van der Waals surface area contributed by atoms with Gasteiger partial charge in [-0.05, 0) is 36.1 Å². The van der Waals surface area contributed by atoms with E-state index >= 15 is 0 Å². The predicted octanol–water partition coefficient (Wildman–Crippen LogP) is 4.06. The molecule has 0 saturated carbocycles. The number of esters is 1. The number of hydrogen-bond donors (Lipinski definition) is 1. The van der Waals surface area contributed by atoms with Gasteiger partial charge in [0.25, 0.3) is 5.56 Å². The van der Waals surface area contributed by atoms with Crippen LogP contribution >= 0.6 is 0 Å². The predicted molar refractivity (Wildman–Crippen MR) is 140 cm³/mol. The summed E-state index contributed by atoms with van der Waals surface area (Å²) in [5.74, 6) is 0.556. The molecule has 1 N–H and O–H groups in total. The molecule has 0 saturated heterocycles. The number of ether oxygens (including phenoxy) is 3. The molecule has 2 aromatic heterocycles. The molecule has 0 aliphatic carbocycles. The zero-order valence-electron chi connectivity index (χ0n) is 20.7. The molecule has 8 nitrogen and oxygen atoms in total. The van der Waals surface area contributed by atoms with Crippen LogP contribution in [0.3, 0.4) is 0 Å². The summed E-state index contributed by atoms with van der Waals surface area (Å²) < 4.78 is 18.1. The quantitative estimate of drug-likeness (QED) is 0.366. The lowest BCUT2D eigenvalue weighted by Gasteiger charge is -2.31. The van der Waals surface area contributed by atoms with Gasteiger partial charge in [0.2, 0.25) is 6.79 Å². The molecular formula is C30H24N2O6. The molecule has 190 valence electrons. The Morgan fingerprint density at radius 1 is 1.05 bits per heavy atom. The van der Waals surface area contributed by atoms with Crippen LogP contribution in [0.2, 0.25) is 0 Å². The molecule has 4 aromatic rings. The van der Waals surface area contributed by atoms with Crippen molar-refractivity contribution >= 4 is 22.9 Å². The van der Waals surface area contributed by atoms with Crippen molar-refractivity contribution in [1.82, 2.24) is 9.55 Å². The minimum Gasteiger partial charge on any atom is -0.458 e. The first-order valence-corrected chi connectivity index (χ1v) is 12.6. The van der Waals surface area contributed by atoms with Crippen LogP contribution in [0.1, 0.15) is 41.2 Å². The fourth-order valence-electron chi connectivity index (χ4n) is 5.66. The molecule has 2 aromatic carbocycles. The number of rotatable bonds is 4. The molecule has 0 unspecified atom stereocenters. The molecule has 0 fully saturated rings. The second-order valence-electron chi connectivity index (χ2n) is 9.76. The van der Waals surface area contributed by atoms with E-state index in [4.69, 9.17) is 19.2 Å². The van der Waals surface area contributed by atoms with Crippen molar-refractivity contribution in [3.8, 4) is 22.9 Å². The lowest BCUT2D eigenvalue weighted by molar-refractivity contribution is -0.172. The van der Waals surface area contributed by atoms with E-state index in [1.54, 1.807) is 17.6 Å². The fraction of sp³-hybridized carbons (Fsp3) is 0.233. The molecule has 8 heteroatoms. The van der Waals surface area contributed by atoms with Gasteiger partial charge in [-0.25, -0.2) is 9.78 Å². The third kappa shape index (κ3) is 3.23. The molecule has 3 aliphatic heterocycles. The van der Waals surface area contributed by atoms with E-state index < -0.39 is 11.6 Å². The van der Waals surface area contributed by atoms with E-state index in [1.807, 2.05) is 42.5 Å². The molecule has 1 atom stereocenters. The molecule has 0 amide bonds. The standard InChI is InChI=1S/C30H24N2O6/c1-2-30(35)22-12-24-27-20(14-32(24)28(33)21(22)15-36-29(30)34)18(10-6-9-17-7-4-3-5-8-17)19-11-25-26(38-16-37-25)13-23(19)31-27/h3-9,11-13,35H,2,10,14-16H2,1H3/b9-6+/t30-/m0/s1. The maximum Gasteiger partial charge on any atom is 0.343 e. The molecule has 0 radical (unpaired) electrons. The summed E-state index contributed by atoms with van der Waals surface area (Å²) >= 11 is 0. The van der Waals surface area contributed by atoms with E-state index in [1.165, 1.54) is 0 Å². The highest BCUT2D eigenvalue weighted by Crippen LogP contribution is 2.43. The number of allylic oxidation sites excluding steroid dienone is 1. The van der Waals surface area contributed by atoms with Gasteiger partial charge in [0, 0.05) is 22.6 Å². The summed E-state index contributed by atoms with van der Waals surface area (Å²) in [4.78, 5) is 31.1. The monoisotopic (exact) mass is 508 g/mol. The van der Waals surface area contributed by atoms with Crippen LogP contribution in [0.4, 0.5) is 0 Å². The highest BCUT2D eigenvalue weighted by molar-refractivity contribution is 5.91. The zero-order chi connectivity index (χ0) is 26.0. The Balaban J connectivity index is 1.44. The molecule has 3 aliphatic rings. The molecule has 0 bridgehead atoms. The second kappa shape index (κ2) is 8.29. The highest BCUT2D eigenvalue weighted by atomic mass is 16.7. The third-order valence-electron chi connectivity index (χ3n) is 7.73. The first-order valence-electron chi connectivity index (χ1n) is 12.6. The van der Waals surface area contributed by atoms with Crippen LogP contribution in [0.15, 0.2) is 59.4 Å². The second-order valence-corrected chi connectivity index (χ2v) is 9.76. The molecule has 38 heavy (non-hydrogen) atoms. The molecule has 7 rings (SSSR count). The van der Waals surface area contributed by atoms with Crippen LogP contribution in [-0.2, 0) is 34.7 Å². The Labute approximate surface area is 217 Å². The number of aromatic nitrogens is 2. The van der Waals surface area contributed by atoms with E-state index in [9.17, 15) is 14.7 Å². The largest absolute Gasteiger partial charge is 0.458 e. The molecule has 0 spiro atoms. The van der Waals surface area contributed by atoms with Crippen LogP contribution in [0, 0.1) is 0 Å². The van der Waals surface area contributed by atoms with Gasteiger partial charge in [-0.3, -0.25) is 4.79 Å². The number of aliphatic hydroxyl groups is 1. The normalized spacial score (nSPS) is 18.9. The van der Waals surface area contributed by atoms with Gasteiger partial charge >= 0.3 is 5.97 Å². The average Bonchev–Trinajstić information content (AvgIpc) is 3.54. The maximum atomic E-state index is 13.6. The van der Waals surface area contributed by atoms with Crippen LogP contribution < -0.4 is 15.0 Å². The average molecular weight is 509 g/mol. The van der Waals surface area contributed by atoms with Crippen molar-refractivity contribution in [2.24, 2.45) is 0 Å². The SMILES string of the molecule is CC[C@@]1(O)C(=O)OCc2c1cc1n(c2=O)Cc2c-1nc1cc3c(cc1c2C/C=C/c1ccccc1)OCO3. The van der Waals surface area contributed by atoms with Gasteiger partial charge in [-0.1, -0.05) is 49.4 Å². The van der Waals surface area contributed by atoms with Crippen molar-refractivity contribution < 1.29 is 24.1 Å². The summed E-state index contributed by atoms with van der Waals surface area (Å²) in [5, 5.41) is 12.1. The summed E-state index contributed by atoms with van der Waals surface area (Å²) in [6.07, 6.45) is 4.88. The number of carbonyl (C=O) groups is 1. The van der Waals surface area contributed by atoms with E-state index in [2.05, 4.69) is 12.2 Å². The number of fused-ring (bicyclic) bond motifs is 6. The van der Waals surface area contributed by atoms with Gasteiger partial charge < -0.3 is 23.9 Å². The lowest BCUT2D eigenvalue weighted by Crippen LogP contribution is -2.44. The first-order chi connectivity index (χ1) is 18.5. The van der Waals surface area contributed by atoms with Crippen molar-refractivity contribution in [1.29, 1.82) is 0 Å². The van der Waals surface area contributed by atoms with Crippen LogP contribution in [0.25, 0.3) is 28.4 Å². The van der Waals surface area contributed by atoms with Crippen LogP contribution in [-0.4, -0.2) is 27.4 Å². The van der Waals surface area contributed by atoms with E-state index in [0.717, 1.165) is 27.6 Å². The van der Waals surface area contributed by atoms with E-state index in [-0.39, 0.29) is 25.4 Å². The van der Waals surface area contributed by atoms with Gasteiger partial charge in [-0.15, -0.1) is 0 Å². The summed E-state index contributed by atoms with van der Waals surface area (Å²) in [6.45, 7) is 2.03. The Bertz CT molecular complexity index is 1740. The Morgan fingerprint density at radius 2 is 1.84 bits per heavy atom. The van der Waals surface area contributed by atoms with Crippen molar-refractivity contribution in [2.75, 3.05) is 6.79 Å². The first kappa shape index (κ1) is 22.7. The maximum absolute atomic E-state index is 13.6. The van der Waals surface area contributed by atoms with Crippen molar-refractivity contribution in [3.05, 3.63) is 92.8 Å². The topological polar surface area (TPSA) is 99.9 Å². The lowest BCUT2D eigenvalue weighted by atomic mass is 9.86. The Morgan fingerprint density at radius 3 is 2.63 bits per heavy atom. The van der Waals surface area contributed by atoms with Crippen molar-refractivity contribution in [2.45, 2.75) is 38.5 Å².